The zero-order valence-electron chi connectivity index (χ0n) is 18.1. The number of benzene rings is 1. The summed E-state index contributed by atoms with van der Waals surface area (Å²) in [5.41, 5.74) is 0.211. The summed E-state index contributed by atoms with van der Waals surface area (Å²) in [4.78, 5) is 26.6. The topological polar surface area (TPSA) is 131 Å². The molecule has 0 bridgehead atoms. The average molecular weight is 427 g/mol. The molecule has 1 fully saturated rings. The molecule has 31 heavy (non-hydrogen) atoms. The Morgan fingerprint density at radius 2 is 2.06 bits per heavy atom. The molecule has 2 atom stereocenters. The summed E-state index contributed by atoms with van der Waals surface area (Å²) < 4.78 is 16.2. The van der Waals surface area contributed by atoms with Crippen LogP contribution in [0.2, 0.25) is 0 Å². The molecule has 2 amide bonds. The van der Waals surface area contributed by atoms with Gasteiger partial charge in [-0.3, -0.25) is 4.79 Å². The third-order valence-corrected chi connectivity index (χ3v) is 4.72. The lowest BCUT2D eigenvalue weighted by molar-refractivity contribution is 0.0235. The Morgan fingerprint density at radius 3 is 2.71 bits per heavy atom. The number of nitrogens with zero attached hydrogens (tertiary/aromatic N) is 4. The van der Waals surface area contributed by atoms with Gasteiger partial charge < -0.3 is 24.1 Å². The van der Waals surface area contributed by atoms with Crippen molar-refractivity contribution in [3.05, 3.63) is 29.7 Å². The third-order valence-electron chi connectivity index (χ3n) is 4.72. The van der Waals surface area contributed by atoms with E-state index in [1.165, 1.54) is 7.11 Å². The van der Waals surface area contributed by atoms with Crippen molar-refractivity contribution in [2.45, 2.75) is 51.8 Å². The van der Waals surface area contributed by atoms with Crippen molar-refractivity contribution < 1.29 is 23.5 Å². The molecule has 1 aliphatic rings. The summed E-state index contributed by atoms with van der Waals surface area (Å²) in [6.07, 6.45) is 0.158. The maximum Gasteiger partial charge on any atom is 0.410 e. The lowest BCUT2D eigenvalue weighted by atomic mass is 10.1. The van der Waals surface area contributed by atoms with Gasteiger partial charge in [0.25, 0.3) is 5.89 Å². The van der Waals surface area contributed by atoms with Crippen molar-refractivity contribution in [3.63, 3.8) is 0 Å². The van der Waals surface area contributed by atoms with Crippen molar-refractivity contribution in [1.29, 1.82) is 5.26 Å². The molecule has 0 radical (unpaired) electrons. The van der Waals surface area contributed by atoms with E-state index in [2.05, 4.69) is 15.5 Å². The molecule has 1 aromatic carbocycles. The first-order chi connectivity index (χ1) is 14.6. The minimum absolute atomic E-state index is 0.0641. The fourth-order valence-electron chi connectivity index (χ4n) is 3.33. The number of rotatable bonds is 4. The molecule has 1 aliphatic heterocycles. The normalized spacial score (nSPS) is 18.4. The summed E-state index contributed by atoms with van der Waals surface area (Å²) in [6, 6.07) is 6.43. The minimum Gasteiger partial charge on any atom is -0.496 e. The van der Waals surface area contributed by atoms with E-state index in [1.54, 1.807) is 43.9 Å². The van der Waals surface area contributed by atoms with Crippen molar-refractivity contribution in [3.8, 4) is 23.3 Å². The van der Waals surface area contributed by atoms with E-state index < -0.39 is 17.6 Å². The van der Waals surface area contributed by atoms with E-state index in [0.29, 0.717) is 29.8 Å². The number of carbonyl (C=O) groups is 2. The molecule has 0 saturated carbocycles. The van der Waals surface area contributed by atoms with Crippen molar-refractivity contribution in [1.82, 2.24) is 20.4 Å². The maximum atomic E-state index is 12.6. The summed E-state index contributed by atoms with van der Waals surface area (Å²) in [7, 11) is 1.48. The molecule has 3 rings (SSSR count). The third kappa shape index (κ3) is 5.12. The fourth-order valence-corrected chi connectivity index (χ4v) is 3.33. The van der Waals surface area contributed by atoms with Crippen LogP contribution in [0.5, 0.6) is 5.75 Å². The van der Waals surface area contributed by atoms with Crippen LogP contribution in [0.15, 0.2) is 22.6 Å². The van der Waals surface area contributed by atoms with Crippen LogP contribution in [0, 0.1) is 11.3 Å². The van der Waals surface area contributed by atoms with Gasteiger partial charge in [-0.15, -0.1) is 10.2 Å². The van der Waals surface area contributed by atoms with Crippen LogP contribution in [-0.4, -0.2) is 58.4 Å². The second-order valence-electron chi connectivity index (χ2n) is 8.33. The van der Waals surface area contributed by atoms with Gasteiger partial charge >= 0.3 is 17.9 Å². The Bertz CT molecular complexity index is 1020. The number of hydrogen-bond acceptors (Lipinski definition) is 8. The van der Waals surface area contributed by atoms with Gasteiger partial charge in [0.1, 0.15) is 11.4 Å². The van der Waals surface area contributed by atoms with E-state index in [-0.39, 0.29) is 23.9 Å². The lowest BCUT2D eigenvalue weighted by Gasteiger charge is -2.26. The summed E-state index contributed by atoms with van der Waals surface area (Å²) in [5, 5.41) is 19.7. The highest BCUT2D eigenvalue weighted by molar-refractivity contribution is 5.90. The predicted molar refractivity (Wildman–Crippen MR) is 109 cm³/mol. The fraction of sp³-hybridized carbons (Fsp3) is 0.476. The molecule has 2 aromatic rings. The highest BCUT2D eigenvalue weighted by Gasteiger charge is 2.36. The molecule has 1 N–H and O–H groups in total. The molecular weight excluding hydrogens is 402 g/mol. The molecule has 164 valence electrons. The first-order valence-corrected chi connectivity index (χ1v) is 9.83. The number of amides is 2. The second-order valence-corrected chi connectivity index (χ2v) is 8.33. The summed E-state index contributed by atoms with van der Waals surface area (Å²) >= 11 is 0. The van der Waals surface area contributed by atoms with Gasteiger partial charge in [0.15, 0.2) is 0 Å². The van der Waals surface area contributed by atoms with Crippen LogP contribution < -0.4 is 10.1 Å². The molecule has 10 nitrogen and oxygen atoms in total. The van der Waals surface area contributed by atoms with E-state index in [4.69, 9.17) is 19.2 Å². The van der Waals surface area contributed by atoms with Crippen LogP contribution >= 0.6 is 0 Å². The SMILES string of the molecule is COc1ccc(C#N)cc1-c1nnc(C(=O)NC2CC(C)N(C(=O)OC(C)(C)C)C2)o1. The molecule has 2 heterocycles. The maximum absolute atomic E-state index is 12.6. The summed E-state index contributed by atoms with van der Waals surface area (Å²) in [6.45, 7) is 7.63. The second kappa shape index (κ2) is 8.63. The highest BCUT2D eigenvalue weighted by atomic mass is 16.6. The lowest BCUT2D eigenvalue weighted by Crippen LogP contribution is -2.41. The van der Waals surface area contributed by atoms with Gasteiger partial charge in [0.05, 0.1) is 24.3 Å². The number of hydrogen-bond donors (Lipinski definition) is 1. The standard InChI is InChI=1S/C21H25N5O5/c1-12-8-14(11-26(12)20(28)31-21(2,3)4)23-17(27)19-25-24-18(30-19)15-9-13(10-22)6-7-16(15)29-5/h6-7,9,12,14H,8,11H2,1-5H3,(H,23,27). The van der Waals surface area contributed by atoms with E-state index in [0.717, 1.165) is 0 Å². The Kier molecular flexibility index (Phi) is 6.15. The van der Waals surface area contributed by atoms with Gasteiger partial charge in [-0.25, -0.2) is 4.79 Å². The highest BCUT2D eigenvalue weighted by Crippen LogP contribution is 2.30. The zero-order chi connectivity index (χ0) is 22.8. The van der Waals surface area contributed by atoms with Crippen molar-refractivity contribution >= 4 is 12.0 Å². The molecule has 1 aromatic heterocycles. The number of nitriles is 1. The minimum atomic E-state index is -0.595. The van der Waals surface area contributed by atoms with Gasteiger partial charge in [0.2, 0.25) is 0 Å². The van der Waals surface area contributed by atoms with Gasteiger partial charge in [-0.1, -0.05) is 0 Å². The van der Waals surface area contributed by atoms with Crippen molar-refractivity contribution in [2.24, 2.45) is 0 Å². The number of ether oxygens (including phenoxy) is 2. The molecule has 1 saturated heterocycles. The largest absolute Gasteiger partial charge is 0.496 e. The Hall–Kier alpha value is -3.61. The zero-order valence-corrected chi connectivity index (χ0v) is 18.1. The van der Waals surface area contributed by atoms with Gasteiger partial charge in [0, 0.05) is 18.6 Å². The predicted octanol–water partition coefficient (Wildman–Crippen LogP) is 2.74. The Balaban J connectivity index is 1.69. The summed E-state index contributed by atoms with van der Waals surface area (Å²) in [5.74, 6) is -0.262. The number of likely N-dealkylation sites (tertiary alicyclic amines) is 1. The number of nitrogens with one attached hydrogen (secondary N) is 1. The molecular formula is C21H25N5O5. The van der Waals surface area contributed by atoms with E-state index in [1.807, 2.05) is 13.0 Å². The smallest absolute Gasteiger partial charge is 0.410 e. The Morgan fingerprint density at radius 1 is 1.32 bits per heavy atom. The molecule has 10 heteroatoms. The first kappa shape index (κ1) is 22.1. The van der Waals surface area contributed by atoms with Crippen molar-refractivity contribution in [2.75, 3.05) is 13.7 Å². The van der Waals surface area contributed by atoms with Gasteiger partial charge in [-0.2, -0.15) is 5.26 Å². The van der Waals surface area contributed by atoms with Crippen LogP contribution in [-0.2, 0) is 4.74 Å². The number of carbonyl (C=O) groups excluding carboxylic acids is 2. The monoisotopic (exact) mass is 427 g/mol. The van der Waals surface area contributed by atoms with Crippen LogP contribution in [0.4, 0.5) is 4.79 Å². The number of aromatic nitrogens is 2. The molecule has 2 unspecified atom stereocenters. The molecule has 0 aliphatic carbocycles. The first-order valence-electron chi connectivity index (χ1n) is 9.83. The van der Waals surface area contributed by atoms with Gasteiger partial charge in [-0.05, 0) is 52.3 Å². The van der Waals surface area contributed by atoms with E-state index in [9.17, 15) is 9.59 Å². The van der Waals surface area contributed by atoms with Crippen LogP contribution in [0.1, 0.15) is 50.4 Å². The number of methoxy groups -OCH3 is 1. The quantitative estimate of drug-likeness (QED) is 0.788. The molecule has 0 spiro atoms. The Labute approximate surface area is 180 Å². The average Bonchev–Trinajstić information content (AvgIpc) is 3.33. The van der Waals surface area contributed by atoms with E-state index >= 15 is 0 Å². The van der Waals surface area contributed by atoms with Crippen LogP contribution in [0.3, 0.4) is 0 Å². The van der Waals surface area contributed by atoms with Crippen LogP contribution in [0.25, 0.3) is 11.5 Å².